The van der Waals surface area contributed by atoms with Gasteiger partial charge in [-0.15, -0.1) is 0 Å². The summed E-state index contributed by atoms with van der Waals surface area (Å²) < 4.78 is 0. The van der Waals surface area contributed by atoms with Gasteiger partial charge in [-0.3, -0.25) is 14.9 Å². The van der Waals surface area contributed by atoms with E-state index in [0.717, 1.165) is 0 Å². The quantitative estimate of drug-likeness (QED) is 0.401. The largest absolute Gasteiger partial charge is 0.481 e. The van der Waals surface area contributed by atoms with Gasteiger partial charge in [0.05, 0.1) is 6.42 Å². The molecule has 0 saturated carbocycles. The van der Waals surface area contributed by atoms with Crippen molar-refractivity contribution in [1.29, 1.82) is 0 Å². The SMILES string of the molecule is O=C(O)C[C@@H]1C=CC(C[N+](=O)[O-])C1. The van der Waals surface area contributed by atoms with E-state index in [0.29, 0.717) is 6.42 Å². The number of nitrogens with zero attached hydrogens (tertiary/aromatic N) is 1. The van der Waals surface area contributed by atoms with Gasteiger partial charge in [0.2, 0.25) is 6.54 Å². The maximum atomic E-state index is 10.3. The Hall–Kier alpha value is -1.39. The Kier molecular flexibility index (Phi) is 3.00. The van der Waals surface area contributed by atoms with Crippen LogP contribution in [0.4, 0.5) is 0 Å². The number of aliphatic carboxylic acids is 1. The van der Waals surface area contributed by atoms with Crippen molar-refractivity contribution < 1.29 is 14.8 Å². The van der Waals surface area contributed by atoms with E-state index in [1.54, 1.807) is 12.2 Å². The van der Waals surface area contributed by atoms with E-state index in [2.05, 4.69) is 0 Å². The monoisotopic (exact) mass is 185 g/mol. The molecule has 0 aromatic rings. The van der Waals surface area contributed by atoms with Crippen molar-refractivity contribution in [2.75, 3.05) is 6.54 Å². The minimum absolute atomic E-state index is 0.0255. The lowest BCUT2D eigenvalue weighted by Gasteiger charge is -2.05. The third kappa shape index (κ3) is 3.23. The molecule has 0 aliphatic heterocycles. The number of allylic oxidation sites excluding steroid dienone is 1. The zero-order valence-electron chi connectivity index (χ0n) is 7.05. The fourth-order valence-electron chi connectivity index (χ4n) is 1.56. The predicted octanol–water partition coefficient (Wildman–Crippen LogP) is 0.930. The van der Waals surface area contributed by atoms with E-state index in [1.807, 2.05) is 0 Å². The Balaban J connectivity index is 2.33. The third-order valence-electron chi connectivity index (χ3n) is 2.08. The van der Waals surface area contributed by atoms with Gasteiger partial charge in [0.1, 0.15) is 0 Å². The van der Waals surface area contributed by atoms with Gasteiger partial charge >= 0.3 is 5.97 Å². The van der Waals surface area contributed by atoms with E-state index in [9.17, 15) is 14.9 Å². The molecular formula is C8H11NO4. The highest BCUT2D eigenvalue weighted by molar-refractivity contribution is 5.67. The maximum Gasteiger partial charge on any atom is 0.303 e. The molecule has 0 amide bonds. The summed E-state index contributed by atoms with van der Waals surface area (Å²) in [5.74, 6) is -0.960. The zero-order valence-corrected chi connectivity index (χ0v) is 7.05. The van der Waals surface area contributed by atoms with Gasteiger partial charge < -0.3 is 5.11 Å². The fraction of sp³-hybridized carbons (Fsp3) is 0.625. The molecule has 1 rings (SSSR count). The molecule has 1 aliphatic rings. The summed E-state index contributed by atoms with van der Waals surface area (Å²) in [5.41, 5.74) is 0. The van der Waals surface area contributed by atoms with E-state index < -0.39 is 5.97 Å². The van der Waals surface area contributed by atoms with Crippen LogP contribution in [-0.4, -0.2) is 22.5 Å². The molecule has 13 heavy (non-hydrogen) atoms. The summed E-state index contributed by atoms with van der Waals surface area (Å²) in [6.45, 7) is -0.0907. The standard InChI is InChI=1S/C8H11NO4/c10-8(11)4-6-1-2-7(3-6)5-9(12)13/h1-2,6-7H,3-5H2,(H,10,11)/t6-,7?/m1/s1. The smallest absolute Gasteiger partial charge is 0.303 e. The molecule has 0 aromatic carbocycles. The lowest BCUT2D eigenvalue weighted by molar-refractivity contribution is -0.485. The van der Waals surface area contributed by atoms with Crippen molar-refractivity contribution in [3.8, 4) is 0 Å². The third-order valence-corrected chi connectivity index (χ3v) is 2.08. The van der Waals surface area contributed by atoms with Crippen LogP contribution in [0, 0.1) is 22.0 Å². The topological polar surface area (TPSA) is 80.4 Å². The van der Waals surface area contributed by atoms with E-state index in [4.69, 9.17) is 5.11 Å². The predicted molar refractivity (Wildman–Crippen MR) is 44.9 cm³/mol. The molecule has 5 nitrogen and oxygen atoms in total. The van der Waals surface area contributed by atoms with Crippen LogP contribution in [-0.2, 0) is 4.79 Å². The number of hydrogen-bond acceptors (Lipinski definition) is 3. The van der Waals surface area contributed by atoms with Crippen LogP contribution in [0.15, 0.2) is 12.2 Å². The van der Waals surface area contributed by atoms with Crippen molar-refractivity contribution >= 4 is 5.97 Å². The number of nitro groups is 1. The van der Waals surface area contributed by atoms with Gasteiger partial charge in [0, 0.05) is 10.8 Å². The normalized spacial score (nSPS) is 26.2. The Morgan fingerprint density at radius 2 is 2.15 bits per heavy atom. The zero-order chi connectivity index (χ0) is 9.84. The van der Waals surface area contributed by atoms with Crippen molar-refractivity contribution in [2.45, 2.75) is 12.8 Å². The molecule has 0 radical (unpaired) electrons. The van der Waals surface area contributed by atoms with Gasteiger partial charge in [-0.1, -0.05) is 12.2 Å². The van der Waals surface area contributed by atoms with Crippen LogP contribution in [0.1, 0.15) is 12.8 Å². The van der Waals surface area contributed by atoms with Gasteiger partial charge in [-0.2, -0.15) is 0 Å². The van der Waals surface area contributed by atoms with Gasteiger partial charge in [-0.05, 0) is 12.3 Å². The molecule has 0 heterocycles. The van der Waals surface area contributed by atoms with Crippen LogP contribution in [0.5, 0.6) is 0 Å². The van der Waals surface area contributed by atoms with Crippen LogP contribution in [0.25, 0.3) is 0 Å². The van der Waals surface area contributed by atoms with Crippen LogP contribution in [0.2, 0.25) is 0 Å². The maximum absolute atomic E-state index is 10.3. The number of rotatable bonds is 4. The van der Waals surface area contributed by atoms with Crippen LogP contribution < -0.4 is 0 Å². The Morgan fingerprint density at radius 1 is 1.54 bits per heavy atom. The summed E-state index contributed by atoms with van der Waals surface area (Å²) in [4.78, 5) is 20.1. The second kappa shape index (κ2) is 4.02. The summed E-state index contributed by atoms with van der Waals surface area (Å²) in [6.07, 6.45) is 4.18. The van der Waals surface area contributed by atoms with Crippen molar-refractivity contribution in [1.82, 2.24) is 0 Å². The first-order valence-electron chi connectivity index (χ1n) is 4.10. The summed E-state index contributed by atoms with van der Waals surface area (Å²) in [5, 5.41) is 18.6. The average molecular weight is 185 g/mol. The Bertz CT molecular complexity index is 225. The first-order chi connectivity index (χ1) is 6.08. The first-order valence-corrected chi connectivity index (χ1v) is 4.10. The van der Waals surface area contributed by atoms with Crippen LogP contribution in [0.3, 0.4) is 0 Å². The highest BCUT2D eigenvalue weighted by Gasteiger charge is 2.24. The molecule has 1 N–H and O–H groups in total. The molecule has 1 unspecified atom stereocenters. The fourth-order valence-corrected chi connectivity index (χ4v) is 1.56. The molecule has 0 aromatic heterocycles. The molecule has 0 spiro atoms. The van der Waals surface area contributed by atoms with E-state index in [1.165, 1.54) is 0 Å². The highest BCUT2D eigenvalue weighted by Crippen LogP contribution is 2.25. The summed E-state index contributed by atoms with van der Waals surface area (Å²) in [6, 6.07) is 0. The highest BCUT2D eigenvalue weighted by atomic mass is 16.6. The van der Waals surface area contributed by atoms with Crippen LogP contribution >= 0.6 is 0 Å². The molecule has 1 aliphatic carbocycles. The summed E-state index contributed by atoms with van der Waals surface area (Å²) in [7, 11) is 0. The number of carboxylic acids is 1. The molecule has 0 fully saturated rings. The van der Waals surface area contributed by atoms with E-state index >= 15 is 0 Å². The van der Waals surface area contributed by atoms with Gasteiger partial charge in [0.25, 0.3) is 0 Å². The molecule has 72 valence electrons. The molecule has 0 saturated heterocycles. The molecule has 5 heteroatoms. The number of hydrogen-bond donors (Lipinski definition) is 1. The minimum atomic E-state index is -0.851. The Labute approximate surface area is 75.2 Å². The van der Waals surface area contributed by atoms with Gasteiger partial charge in [0.15, 0.2) is 0 Å². The Morgan fingerprint density at radius 3 is 2.69 bits per heavy atom. The summed E-state index contributed by atoms with van der Waals surface area (Å²) >= 11 is 0. The second-order valence-corrected chi connectivity index (χ2v) is 3.25. The second-order valence-electron chi connectivity index (χ2n) is 3.25. The first kappa shape index (κ1) is 9.70. The van der Waals surface area contributed by atoms with E-state index in [-0.39, 0.29) is 29.7 Å². The van der Waals surface area contributed by atoms with Crippen molar-refractivity contribution in [2.24, 2.45) is 11.8 Å². The van der Waals surface area contributed by atoms with Crippen molar-refractivity contribution in [3.05, 3.63) is 22.3 Å². The lowest BCUT2D eigenvalue weighted by atomic mass is 10.0. The number of carboxylic acid groups (broad SMARTS) is 1. The molecule has 2 atom stereocenters. The lowest BCUT2D eigenvalue weighted by Crippen LogP contribution is -2.12. The van der Waals surface area contributed by atoms with Gasteiger partial charge in [-0.25, -0.2) is 0 Å². The average Bonchev–Trinajstić information content (AvgIpc) is 2.33. The van der Waals surface area contributed by atoms with Crippen molar-refractivity contribution in [3.63, 3.8) is 0 Å². The minimum Gasteiger partial charge on any atom is -0.481 e. The molecule has 0 bridgehead atoms. The number of carbonyl (C=O) groups is 1. The molecular weight excluding hydrogens is 174 g/mol.